The summed E-state index contributed by atoms with van der Waals surface area (Å²) in [5.74, 6) is 0. The van der Waals surface area contributed by atoms with Crippen LogP contribution in [0.2, 0.25) is 10.0 Å². The van der Waals surface area contributed by atoms with E-state index in [-0.39, 0.29) is 5.25 Å². The summed E-state index contributed by atoms with van der Waals surface area (Å²) >= 11 is 11.9. The van der Waals surface area contributed by atoms with E-state index in [0.717, 1.165) is 18.5 Å². The van der Waals surface area contributed by atoms with E-state index in [1.54, 1.807) is 12.1 Å². The molecule has 2 rings (SSSR count). The number of benzene rings is 1. The lowest BCUT2D eigenvalue weighted by Crippen LogP contribution is -2.44. The monoisotopic (exact) mass is 336 g/mol. The Hall–Kier alpha value is -0.330. The molecular weight excluding hydrogens is 319 g/mol. The highest BCUT2D eigenvalue weighted by Crippen LogP contribution is 2.21. The van der Waals surface area contributed by atoms with E-state index in [0.29, 0.717) is 36.0 Å². The van der Waals surface area contributed by atoms with E-state index in [1.165, 1.54) is 0 Å². The van der Waals surface area contributed by atoms with E-state index < -0.39 is 10.0 Å². The number of sulfonamides is 1. The van der Waals surface area contributed by atoms with Crippen molar-refractivity contribution in [2.75, 3.05) is 19.6 Å². The average molecular weight is 337 g/mol. The van der Waals surface area contributed by atoms with Gasteiger partial charge in [-0.3, -0.25) is 0 Å². The molecule has 1 aromatic rings. The van der Waals surface area contributed by atoms with E-state index in [1.807, 2.05) is 6.07 Å². The Kier molecular flexibility index (Phi) is 5.69. The molecule has 0 amide bonds. The minimum absolute atomic E-state index is 0.336. The quantitative estimate of drug-likeness (QED) is 0.866. The SMILES string of the molecule is O=S(=O)(NCCc1ccc(Cl)cc1Cl)C1CCCNC1. The summed E-state index contributed by atoms with van der Waals surface area (Å²) in [7, 11) is -3.26. The Morgan fingerprint density at radius 3 is 2.80 bits per heavy atom. The molecule has 1 heterocycles. The smallest absolute Gasteiger partial charge is 0.215 e. The molecule has 0 aliphatic carbocycles. The van der Waals surface area contributed by atoms with Crippen LogP contribution in [0, 0.1) is 0 Å². The minimum Gasteiger partial charge on any atom is -0.315 e. The van der Waals surface area contributed by atoms with Gasteiger partial charge in [0.05, 0.1) is 5.25 Å². The Balaban J connectivity index is 1.88. The van der Waals surface area contributed by atoms with E-state index in [4.69, 9.17) is 23.2 Å². The number of hydrogen-bond donors (Lipinski definition) is 2. The Morgan fingerprint density at radius 2 is 2.15 bits per heavy atom. The zero-order chi connectivity index (χ0) is 14.6. The summed E-state index contributed by atoms with van der Waals surface area (Å²) in [6.45, 7) is 1.77. The minimum atomic E-state index is -3.26. The average Bonchev–Trinajstić information content (AvgIpc) is 2.42. The first-order valence-corrected chi connectivity index (χ1v) is 8.92. The lowest BCUT2D eigenvalue weighted by Gasteiger charge is -2.23. The molecule has 1 unspecified atom stereocenters. The van der Waals surface area contributed by atoms with Crippen molar-refractivity contribution in [1.29, 1.82) is 0 Å². The van der Waals surface area contributed by atoms with Crippen molar-refractivity contribution in [3.05, 3.63) is 33.8 Å². The lowest BCUT2D eigenvalue weighted by molar-refractivity contribution is 0.490. The predicted molar refractivity (Wildman–Crippen MR) is 83.0 cm³/mol. The maximum Gasteiger partial charge on any atom is 0.215 e. The largest absolute Gasteiger partial charge is 0.315 e. The van der Waals surface area contributed by atoms with Gasteiger partial charge in [0.25, 0.3) is 0 Å². The number of nitrogens with one attached hydrogen (secondary N) is 2. The number of piperidine rings is 1. The van der Waals surface area contributed by atoms with Gasteiger partial charge in [-0.25, -0.2) is 13.1 Å². The molecule has 0 aromatic heterocycles. The normalized spacial score (nSPS) is 20.0. The summed E-state index contributed by atoms with van der Waals surface area (Å²) < 4.78 is 26.9. The van der Waals surface area contributed by atoms with Crippen molar-refractivity contribution in [1.82, 2.24) is 10.0 Å². The molecule has 0 bridgehead atoms. The van der Waals surface area contributed by atoms with Crippen molar-refractivity contribution in [2.45, 2.75) is 24.5 Å². The van der Waals surface area contributed by atoms with Crippen molar-refractivity contribution in [2.24, 2.45) is 0 Å². The Morgan fingerprint density at radius 1 is 1.35 bits per heavy atom. The lowest BCUT2D eigenvalue weighted by atomic mass is 10.1. The molecule has 0 spiro atoms. The topological polar surface area (TPSA) is 58.2 Å². The Bertz CT molecular complexity index is 557. The van der Waals surface area contributed by atoms with Gasteiger partial charge in [-0.1, -0.05) is 29.3 Å². The molecule has 4 nitrogen and oxygen atoms in total. The molecule has 1 fully saturated rings. The van der Waals surface area contributed by atoms with Gasteiger partial charge in [0.1, 0.15) is 0 Å². The van der Waals surface area contributed by atoms with Gasteiger partial charge in [0.15, 0.2) is 0 Å². The Labute approximate surface area is 129 Å². The number of halogens is 2. The zero-order valence-corrected chi connectivity index (χ0v) is 13.4. The number of hydrogen-bond acceptors (Lipinski definition) is 3. The van der Waals surface area contributed by atoms with Crippen LogP contribution < -0.4 is 10.0 Å². The van der Waals surface area contributed by atoms with Crippen LogP contribution in [0.4, 0.5) is 0 Å². The van der Waals surface area contributed by atoms with Gasteiger partial charge >= 0.3 is 0 Å². The van der Waals surface area contributed by atoms with Gasteiger partial charge in [-0.15, -0.1) is 0 Å². The fourth-order valence-corrected chi connectivity index (χ4v) is 4.19. The highest BCUT2D eigenvalue weighted by molar-refractivity contribution is 7.90. The summed E-state index contributed by atoms with van der Waals surface area (Å²) in [5, 5.41) is 3.92. The fourth-order valence-electron chi connectivity index (χ4n) is 2.25. The van der Waals surface area contributed by atoms with Crippen LogP contribution in [0.25, 0.3) is 0 Å². The third-order valence-corrected chi connectivity index (χ3v) is 5.88. The molecule has 7 heteroatoms. The first-order valence-electron chi connectivity index (χ1n) is 6.62. The van der Waals surface area contributed by atoms with E-state index in [2.05, 4.69) is 10.0 Å². The maximum atomic E-state index is 12.1. The van der Waals surface area contributed by atoms with Crippen molar-refractivity contribution >= 4 is 33.2 Å². The summed E-state index contributed by atoms with van der Waals surface area (Å²) in [6, 6.07) is 5.24. The van der Waals surface area contributed by atoms with E-state index >= 15 is 0 Å². The highest BCUT2D eigenvalue weighted by Gasteiger charge is 2.26. The third-order valence-electron chi connectivity index (χ3n) is 3.40. The molecule has 112 valence electrons. The molecular formula is C13H18Cl2N2O2S. The molecule has 1 aliphatic heterocycles. The molecule has 2 N–H and O–H groups in total. The summed E-state index contributed by atoms with van der Waals surface area (Å²) in [4.78, 5) is 0. The van der Waals surface area contributed by atoms with Crippen LogP contribution in [-0.2, 0) is 16.4 Å². The molecule has 0 radical (unpaired) electrons. The van der Waals surface area contributed by atoms with Gasteiger partial charge in [-0.2, -0.15) is 0 Å². The van der Waals surface area contributed by atoms with Crippen molar-refractivity contribution in [3.8, 4) is 0 Å². The second-order valence-corrected chi connectivity index (χ2v) is 7.78. The molecule has 1 aliphatic rings. The first-order chi connectivity index (χ1) is 9.49. The van der Waals surface area contributed by atoms with Crippen LogP contribution in [0.3, 0.4) is 0 Å². The van der Waals surface area contributed by atoms with Crippen LogP contribution in [0.15, 0.2) is 18.2 Å². The van der Waals surface area contributed by atoms with Crippen LogP contribution in [0.5, 0.6) is 0 Å². The second kappa shape index (κ2) is 7.09. The summed E-state index contributed by atoms with van der Waals surface area (Å²) in [5.41, 5.74) is 0.889. The summed E-state index contributed by atoms with van der Waals surface area (Å²) in [6.07, 6.45) is 2.16. The van der Waals surface area contributed by atoms with Crippen LogP contribution in [0.1, 0.15) is 18.4 Å². The molecule has 20 heavy (non-hydrogen) atoms. The van der Waals surface area contributed by atoms with Crippen LogP contribution in [-0.4, -0.2) is 33.3 Å². The first kappa shape index (κ1) is 16.0. The van der Waals surface area contributed by atoms with Crippen molar-refractivity contribution < 1.29 is 8.42 Å². The molecule has 1 aromatic carbocycles. The maximum absolute atomic E-state index is 12.1. The van der Waals surface area contributed by atoms with E-state index in [9.17, 15) is 8.42 Å². The molecule has 1 saturated heterocycles. The fraction of sp³-hybridized carbons (Fsp3) is 0.538. The molecule has 1 atom stereocenters. The highest BCUT2D eigenvalue weighted by atomic mass is 35.5. The van der Waals surface area contributed by atoms with Gasteiger partial charge in [0, 0.05) is 23.1 Å². The van der Waals surface area contributed by atoms with Crippen LogP contribution >= 0.6 is 23.2 Å². The van der Waals surface area contributed by atoms with Crippen molar-refractivity contribution in [3.63, 3.8) is 0 Å². The number of rotatable bonds is 5. The third kappa shape index (κ3) is 4.33. The standard InChI is InChI=1S/C13H18Cl2N2O2S/c14-11-4-3-10(13(15)8-11)5-7-17-20(18,19)12-2-1-6-16-9-12/h3-4,8,12,16-17H,1-2,5-7,9H2. The second-order valence-electron chi connectivity index (χ2n) is 4.89. The van der Waals surface area contributed by atoms with Gasteiger partial charge < -0.3 is 5.32 Å². The van der Waals surface area contributed by atoms with Gasteiger partial charge in [-0.05, 0) is 43.5 Å². The predicted octanol–water partition coefficient (Wildman–Crippen LogP) is 2.21. The van der Waals surface area contributed by atoms with Gasteiger partial charge in [0.2, 0.25) is 10.0 Å². The zero-order valence-electron chi connectivity index (χ0n) is 11.0. The molecule has 0 saturated carbocycles.